The van der Waals surface area contributed by atoms with Gasteiger partial charge in [0.25, 0.3) is 0 Å². The fourth-order valence-corrected chi connectivity index (χ4v) is 8.58. The molecule has 1 nitrogen and oxygen atoms in total. The first kappa shape index (κ1) is 24.5. The first-order valence-corrected chi connectivity index (χ1v) is 15.6. The van der Waals surface area contributed by atoms with Gasteiger partial charge in [-0.2, -0.15) is 0 Å². The van der Waals surface area contributed by atoms with Crippen LogP contribution in [0.5, 0.6) is 0 Å². The minimum Gasteiger partial charge on any atom is -0.310 e. The summed E-state index contributed by atoms with van der Waals surface area (Å²) in [5.74, 6) is 0. The predicted octanol–water partition coefficient (Wildman–Crippen LogP) is 11.1. The molecule has 0 aromatic heterocycles. The number of para-hydroxylation sites is 1. The summed E-state index contributed by atoms with van der Waals surface area (Å²) >= 11 is 1.89. The van der Waals surface area contributed by atoms with Gasteiger partial charge in [-0.3, -0.25) is 0 Å². The highest BCUT2D eigenvalue weighted by Gasteiger charge is 2.50. The minimum atomic E-state index is -0.401. The summed E-state index contributed by atoms with van der Waals surface area (Å²) in [6, 6.07) is 60.2. The van der Waals surface area contributed by atoms with Crippen LogP contribution in [0.1, 0.15) is 22.3 Å². The van der Waals surface area contributed by atoms with Gasteiger partial charge < -0.3 is 4.90 Å². The molecule has 1 heterocycles. The van der Waals surface area contributed by atoms with Gasteiger partial charge in [-0.15, -0.1) is 0 Å². The number of anilines is 3. The average Bonchev–Trinajstić information content (AvgIpc) is 3.36. The van der Waals surface area contributed by atoms with E-state index in [0.29, 0.717) is 0 Å². The third kappa shape index (κ3) is 3.48. The van der Waals surface area contributed by atoms with Crippen molar-refractivity contribution in [2.45, 2.75) is 15.2 Å². The Morgan fingerprint density at radius 2 is 1.02 bits per heavy atom. The molecule has 0 fully saturated rings. The molecule has 0 saturated carbocycles. The van der Waals surface area contributed by atoms with Crippen molar-refractivity contribution in [3.63, 3.8) is 0 Å². The first-order valence-electron chi connectivity index (χ1n) is 14.8. The SMILES string of the molecule is c1ccc(N(c2ccc3c(c2)C2(c4ccccc4Sc4ccccc42)c2ccccc2-3)c2cccc3ccccc23)cc1. The van der Waals surface area contributed by atoms with Crippen LogP contribution >= 0.6 is 11.8 Å². The number of fused-ring (bicyclic) bond motifs is 10. The van der Waals surface area contributed by atoms with Crippen molar-refractivity contribution in [1.82, 2.24) is 0 Å². The monoisotopic (exact) mass is 565 g/mol. The summed E-state index contributed by atoms with van der Waals surface area (Å²) in [6.07, 6.45) is 0. The van der Waals surface area contributed by atoms with Gasteiger partial charge in [-0.05, 0) is 81.2 Å². The quantitative estimate of drug-likeness (QED) is 0.210. The molecule has 202 valence electrons. The molecule has 9 rings (SSSR count). The van der Waals surface area contributed by atoms with E-state index in [9.17, 15) is 0 Å². The Kier molecular flexibility index (Phi) is 5.41. The molecule has 7 aromatic carbocycles. The van der Waals surface area contributed by atoms with Gasteiger partial charge in [0.15, 0.2) is 0 Å². The Bertz CT molecular complexity index is 2130. The Labute approximate surface area is 256 Å². The molecule has 0 bridgehead atoms. The maximum Gasteiger partial charge on any atom is 0.0736 e. The number of benzene rings is 7. The molecule has 1 aliphatic heterocycles. The van der Waals surface area contributed by atoms with Crippen molar-refractivity contribution in [3.8, 4) is 11.1 Å². The predicted molar refractivity (Wildman–Crippen MR) is 180 cm³/mol. The van der Waals surface area contributed by atoms with Gasteiger partial charge >= 0.3 is 0 Å². The zero-order valence-electron chi connectivity index (χ0n) is 23.4. The van der Waals surface area contributed by atoms with E-state index in [2.05, 4.69) is 169 Å². The van der Waals surface area contributed by atoms with Gasteiger partial charge in [0.05, 0.1) is 11.1 Å². The second-order valence-corrected chi connectivity index (χ2v) is 12.4. The fourth-order valence-electron chi connectivity index (χ4n) is 7.39. The molecule has 1 spiro atoms. The standard InChI is InChI=1S/C41H27NS/c1-2-15-29(16-3-1)42(38-22-12-14-28-13-4-5-17-31(28)38)30-25-26-33-32-18-6-7-19-34(32)41(37(33)27-30)35-20-8-10-23-39(35)43-40-24-11-9-21-36(40)41/h1-27H. The summed E-state index contributed by atoms with van der Waals surface area (Å²) < 4.78 is 0. The van der Waals surface area contributed by atoms with Crippen LogP contribution in [0, 0.1) is 0 Å². The summed E-state index contributed by atoms with van der Waals surface area (Å²) in [7, 11) is 0. The van der Waals surface area contributed by atoms with E-state index in [-0.39, 0.29) is 0 Å². The van der Waals surface area contributed by atoms with Gasteiger partial charge in [-0.25, -0.2) is 0 Å². The molecule has 0 radical (unpaired) electrons. The molecule has 1 aliphatic carbocycles. The number of rotatable bonds is 3. The van der Waals surface area contributed by atoms with Crippen LogP contribution in [0.2, 0.25) is 0 Å². The second kappa shape index (κ2) is 9.49. The van der Waals surface area contributed by atoms with E-state index >= 15 is 0 Å². The van der Waals surface area contributed by atoms with Gasteiger partial charge in [-0.1, -0.05) is 133 Å². The van der Waals surface area contributed by atoms with Crippen molar-refractivity contribution in [3.05, 3.63) is 186 Å². The number of nitrogens with zero attached hydrogens (tertiary/aromatic N) is 1. The molecule has 0 amide bonds. The topological polar surface area (TPSA) is 3.24 Å². The Morgan fingerprint density at radius 3 is 1.81 bits per heavy atom. The highest BCUT2D eigenvalue weighted by Crippen LogP contribution is 2.62. The summed E-state index contributed by atoms with van der Waals surface area (Å²) in [5.41, 5.74) is 11.1. The van der Waals surface area contributed by atoms with Gasteiger partial charge in [0.1, 0.15) is 0 Å². The largest absolute Gasteiger partial charge is 0.310 e. The Balaban J connectivity index is 1.38. The fraction of sp³-hybridized carbons (Fsp3) is 0.0244. The zero-order valence-corrected chi connectivity index (χ0v) is 24.3. The van der Waals surface area contributed by atoms with Gasteiger partial charge in [0, 0.05) is 26.6 Å². The third-order valence-electron chi connectivity index (χ3n) is 9.11. The van der Waals surface area contributed by atoms with Crippen LogP contribution in [0.4, 0.5) is 17.1 Å². The van der Waals surface area contributed by atoms with E-state index < -0.39 is 5.41 Å². The lowest BCUT2D eigenvalue weighted by molar-refractivity contribution is 0.722. The molecule has 7 aromatic rings. The maximum absolute atomic E-state index is 2.47. The van der Waals surface area contributed by atoms with Crippen LogP contribution in [0.3, 0.4) is 0 Å². The van der Waals surface area contributed by atoms with E-state index in [1.165, 1.54) is 59.6 Å². The van der Waals surface area contributed by atoms with Crippen molar-refractivity contribution in [2.24, 2.45) is 0 Å². The van der Waals surface area contributed by atoms with E-state index in [1.807, 2.05) is 11.8 Å². The second-order valence-electron chi connectivity index (χ2n) is 11.3. The van der Waals surface area contributed by atoms with Crippen molar-refractivity contribution in [1.29, 1.82) is 0 Å². The Hall–Kier alpha value is -5.05. The lowest BCUT2D eigenvalue weighted by Gasteiger charge is -2.40. The molecule has 0 saturated heterocycles. The van der Waals surface area contributed by atoms with Crippen molar-refractivity contribution >= 4 is 39.6 Å². The molecule has 0 N–H and O–H groups in total. The molecule has 0 unspecified atom stereocenters. The lowest BCUT2D eigenvalue weighted by atomic mass is 9.67. The van der Waals surface area contributed by atoms with E-state index in [4.69, 9.17) is 0 Å². The molecular weight excluding hydrogens is 539 g/mol. The summed E-state index contributed by atoms with van der Waals surface area (Å²) in [6.45, 7) is 0. The maximum atomic E-state index is 2.47. The Morgan fingerprint density at radius 1 is 0.419 bits per heavy atom. The van der Waals surface area contributed by atoms with E-state index in [1.54, 1.807) is 0 Å². The molecule has 43 heavy (non-hydrogen) atoms. The van der Waals surface area contributed by atoms with Crippen LogP contribution in [0.15, 0.2) is 174 Å². The van der Waals surface area contributed by atoms with Crippen molar-refractivity contribution in [2.75, 3.05) is 4.90 Å². The van der Waals surface area contributed by atoms with Crippen LogP contribution in [0.25, 0.3) is 21.9 Å². The van der Waals surface area contributed by atoms with Crippen LogP contribution in [-0.2, 0) is 5.41 Å². The van der Waals surface area contributed by atoms with Crippen LogP contribution in [-0.4, -0.2) is 0 Å². The smallest absolute Gasteiger partial charge is 0.0736 e. The van der Waals surface area contributed by atoms with Gasteiger partial charge in [0.2, 0.25) is 0 Å². The summed E-state index contributed by atoms with van der Waals surface area (Å²) in [4.78, 5) is 5.07. The molecule has 0 atom stereocenters. The normalized spacial score (nSPS) is 13.7. The molecule has 2 aliphatic rings. The summed E-state index contributed by atoms with van der Waals surface area (Å²) in [5, 5.41) is 2.47. The first-order chi connectivity index (χ1) is 21.3. The lowest BCUT2D eigenvalue weighted by Crippen LogP contribution is -2.32. The average molecular weight is 566 g/mol. The highest BCUT2D eigenvalue weighted by molar-refractivity contribution is 7.99. The van der Waals surface area contributed by atoms with Crippen molar-refractivity contribution < 1.29 is 0 Å². The molecule has 2 heteroatoms. The zero-order chi connectivity index (χ0) is 28.4. The third-order valence-corrected chi connectivity index (χ3v) is 10.3. The number of hydrogen-bond donors (Lipinski definition) is 0. The highest BCUT2D eigenvalue weighted by atomic mass is 32.2. The van der Waals surface area contributed by atoms with E-state index in [0.717, 1.165) is 11.4 Å². The number of hydrogen-bond acceptors (Lipinski definition) is 2. The minimum absolute atomic E-state index is 0.401. The van der Waals surface area contributed by atoms with Crippen LogP contribution < -0.4 is 4.90 Å². The molecular formula is C41H27NS.